The Balaban J connectivity index is 3.07. The summed E-state index contributed by atoms with van der Waals surface area (Å²) in [6.45, 7) is 7.29. The molecule has 0 aromatic rings. The van der Waals surface area contributed by atoms with Gasteiger partial charge in [0.25, 0.3) is 0 Å². The van der Waals surface area contributed by atoms with Crippen LogP contribution in [0.15, 0.2) is 37.0 Å². The zero-order valence-corrected chi connectivity index (χ0v) is 6.92. The zero-order chi connectivity index (χ0) is 9.19. The summed E-state index contributed by atoms with van der Waals surface area (Å²) in [6, 6.07) is 0. The maximum absolute atomic E-state index is 10.8. The van der Waals surface area contributed by atoms with Crippen LogP contribution in [0.2, 0.25) is 0 Å². The van der Waals surface area contributed by atoms with Gasteiger partial charge in [0.15, 0.2) is 0 Å². The van der Waals surface area contributed by atoms with Crippen LogP contribution in [0, 0.1) is 5.41 Å². The Morgan fingerprint density at radius 2 is 2.17 bits per heavy atom. The number of hydrogen-bond acceptors (Lipinski definition) is 1. The molecule has 12 heavy (non-hydrogen) atoms. The highest BCUT2D eigenvalue weighted by molar-refractivity contribution is 5.90. The Bertz CT molecular complexity index is 253. The Kier molecular flexibility index (Phi) is 2.18. The number of carbonyl (C=O) groups is 1. The highest BCUT2D eigenvalue weighted by atomic mass is 16.4. The Morgan fingerprint density at radius 1 is 1.58 bits per heavy atom. The van der Waals surface area contributed by atoms with Crippen molar-refractivity contribution in [2.75, 3.05) is 0 Å². The summed E-state index contributed by atoms with van der Waals surface area (Å²) in [7, 11) is 0. The van der Waals surface area contributed by atoms with Crippen molar-refractivity contribution in [2.45, 2.75) is 12.8 Å². The average molecular weight is 164 g/mol. The monoisotopic (exact) mass is 164 g/mol. The first kappa shape index (κ1) is 8.78. The summed E-state index contributed by atoms with van der Waals surface area (Å²) < 4.78 is 0. The molecular formula is C10H12O2. The van der Waals surface area contributed by atoms with E-state index in [0.29, 0.717) is 5.57 Å². The van der Waals surface area contributed by atoms with Crippen molar-refractivity contribution in [2.24, 2.45) is 5.41 Å². The van der Waals surface area contributed by atoms with Crippen LogP contribution in [0.25, 0.3) is 0 Å². The molecule has 0 radical (unpaired) electrons. The standard InChI is InChI=1S/C10H12O2/c1-3-10(4-2)7-5-6-8(10)9(11)12/h3-4,6H,1-2,5,7H2,(H,11,12). The molecule has 1 N–H and O–H groups in total. The van der Waals surface area contributed by atoms with Crippen molar-refractivity contribution in [3.63, 3.8) is 0 Å². The molecule has 0 fully saturated rings. The molecule has 1 rings (SSSR count). The van der Waals surface area contributed by atoms with Crippen molar-refractivity contribution in [1.82, 2.24) is 0 Å². The van der Waals surface area contributed by atoms with E-state index in [1.54, 1.807) is 18.2 Å². The fourth-order valence-corrected chi connectivity index (χ4v) is 1.57. The number of hydrogen-bond donors (Lipinski definition) is 1. The van der Waals surface area contributed by atoms with Gasteiger partial charge in [0.2, 0.25) is 0 Å². The fraction of sp³-hybridized carbons (Fsp3) is 0.300. The van der Waals surface area contributed by atoms with Gasteiger partial charge in [-0.3, -0.25) is 0 Å². The molecule has 64 valence electrons. The minimum Gasteiger partial charge on any atom is -0.478 e. The molecule has 0 aromatic heterocycles. The Morgan fingerprint density at radius 3 is 2.50 bits per heavy atom. The summed E-state index contributed by atoms with van der Waals surface area (Å²) in [5, 5.41) is 8.85. The number of rotatable bonds is 3. The highest BCUT2D eigenvalue weighted by Gasteiger charge is 2.35. The van der Waals surface area contributed by atoms with Crippen molar-refractivity contribution >= 4 is 5.97 Å². The third-order valence-corrected chi connectivity index (χ3v) is 2.37. The van der Waals surface area contributed by atoms with E-state index in [9.17, 15) is 4.79 Å². The molecule has 0 saturated heterocycles. The van der Waals surface area contributed by atoms with Crippen LogP contribution in [0.1, 0.15) is 12.8 Å². The lowest BCUT2D eigenvalue weighted by atomic mass is 9.81. The van der Waals surface area contributed by atoms with E-state index in [2.05, 4.69) is 13.2 Å². The smallest absolute Gasteiger partial charge is 0.332 e. The second-order valence-electron chi connectivity index (χ2n) is 2.91. The predicted molar refractivity (Wildman–Crippen MR) is 47.8 cm³/mol. The van der Waals surface area contributed by atoms with E-state index >= 15 is 0 Å². The number of allylic oxidation sites excluding steroid dienone is 3. The van der Waals surface area contributed by atoms with Crippen LogP contribution in [0.4, 0.5) is 0 Å². The molecule has 0 heterocycles. The second kappa shape index (κ2) is 2.97. The van der Waals surface area contributed by atoms with E-state index in [0.717, 1.165) is 12.8 Å². The van der Waals surface area contributed by atoms with Gasteiger partial charge in [0.1, 0.15) is 0 Å². The first-order valence-electron chi connectivity index (χ1n) is 3.87. The van der Waals surface area contributed by atoms with Gasteiger partial charge in [-0.05, 0) is 12.8 Å². The lowest BCUT2D eigenvalue weighted by molar-refractivity contribution is -0.133. The molecule has 1 aliphatic carbocycles. The summed E-state index contributed by atoms with van der Waals surface area (Å²) in [5.41, 5.74) is -0.0845. The molecule has 0 aromatic carbocycles. The van der Waals surface area contributed by atoms with E-state index in [1.165, 1.54) is 0 Å². The lowest BCUT2D eigenvalue weighted by Crippen LogP contribution is -2.19. The summed E-state index contributed by atoms with van der Waals surface area (Å²) in [4.78, 5) is 10.8. The maximum atomic E-state index is 10.8. The average Bonchev–Trinajstić information content (AvgIpc) is 2.48. The van der Waals surface area contributed by atoms with E-state index < -0.39 is 11.4 Å². The van der Waals surface area contributed by atoms with Gasteiger partial charge < -0.3 is 5.11 Å². The second-order valence-corrected chi connectivity index (χ2v) is 2.91. The molecule has 1 aliphatic rings. The van der Waals surface area contributed by atoms with Crippen molar-refractivity contribution in [3.8, 4) is 0 Å². The number of carboxylic acid groups (broad SMARTS) is 1. The lowest BCUT2D eigenvalue weighted by Gasteiger charge is -2.21. The van der Waals surface area contributed by atoms with Crippen molar-refractivity contribution in [1.29, 1.82) is 0 Å². The molecule has 2 nitrogen and oxygen atoms in total. The third-order valence-electron chi connectivity index (χ3n) is 2.37. The normalized spacial score (nSPS) is 19.8. The van der Waals surface area contributed by atoms with E-state index in [4.69, 9.17) is 5.11 Å². The van der Waals surface area contributed by atoms with Gasteiger partial charge >= 0.3 is 5.97 Å². The molecule has 0 atom stereocenters. The van der Waals surface area contributed by atoms with Crippen molar-refractivity contribution in [3.05, 3.63) is 37.0 Å². The summed E-state index contributed by atoms with van der Waals surface area (Å²) >= 11 is 0. The molecule has 0 aliphatic heterocycles. The van der Waals surface area contributed by atoms with E-state index in [-0.39, 0.29) is 0 Å². The van der Waals surface area contributed by atoms with Gasteiger partial charge in [-0.15, -0.1) is 13.2 Å². The summed E-state index contributed by atoms with van der Waals surface area (Å²) in [6.07, 6.45) is 6.63. The van der Waals surface area contributed by atoms with Crippen LogP contribution in [-0.4, -0.2) is 11.1 Å². The maximum Gasteiger partial charge on any atom is 0.332 e. The van der Waals surface area contributed by atoms with Crippen LogP contribution < -0.4 is 0 Å². The largest absolute Gasteiger partial charge is 0.478 e. The molecule has 0 saturated carbocycles. The number of aliphatic carboxylic acids is 1. The SMILES string of the molecule is C=CC1(C=C)CCC=C1C(=O)O. The van der Waals surface area contributed by atoms with Crippen LogP contribution in [0.3, 0.4) is 0 Å². The minimum atomic E-state index is -0.868. The third kappa shape index (κ3) is 1.09. The molecule has 0 amide bonds. The van der Waals surface area contributed by atoms with Gasteiger partial charge in [0.05, 0.1) is 0 Å². The first-order valence-corrected chi connectivity index (χ1v) is 3.87. The quantitative estimate of drug-likeness (QED) is 0.649. The molecule has 2 heteroatoms. The van der Waals surface area contributed by atoms with Gasteiger partial charge in [-0.1, -0.05) is 18.2 Å². The van der Waals surface area contributed by atoms with Crippen LogP contribution in [-0.2, 0) is 4.79 Å². The summed E-state index contributed by atoms with van der Waals surface area (Å²) in [5.74, 6) is -0.868. The van der Waals surface area contributed by atoms with Gasteiger partial charge in [0, 0.05) is 11.0 Å². The molecule has 0 unspecified atom stereocenters. The molecular weight excluding hydrogens is 152 g/mol. The highest BCUT2D eigenvalue weighted by Crippen LogP contribution is 2.41. The minimum absolute atomic E-state index is 0.410. The van der Waals surface area contributed by atoms with Gasteiger partial charge in [-0.2, -0.15) is 0 Å². The van der Waals surface area contributed by atoms with E-state index in [1.807, 2.05) is 0 Å². The fourth-order valence-electron chi connectivity index (χ4n) is 1.57. The number of carboxylic acids is 1. The molecule has 0 spiro atoms. The van der Waals surface area contributed by atoms with Gasteiger partial charge in [-0.25, -0.2) is 4.79 Å². The Hall–Kier alpha value is -1.31. The van der Waals surface area contributed by atoms with Crippen LogP contribution >= 0.6 is 0 Å². The topological polar surface area (TPSA) is 37.3 Å². The molecule has 0 bridgehead atoms. The van der Waals surface area contributed by atoms with Crippen molar-refractivity contribution < 1.29 is 9.90 Å². The Labute approximate surface area is 71.9 Å². The first-order chi connectivity index (χ1) is 5.66. The predicted octanol–water partition coefficient (Wildman–Crippen LogP) is 2.15. The zero-order valence-electron chi connectivity index (χ0n) is 6.92. The van der Waals surface area contributed by atoms with Crippen LogP contribution in [0.5, 0.6) is 0 Å².